The van der Waals surface area contributed by atoms with Gasteiger partial charge in [-0.2, -0.15) is 4.31 Å². The maximum Gasteiger partial charge on any atom is 0.249 e. The number of carbonyl (C=O) groups excluding carboxylic acids is 1. The molecule has 1 amide bonds. The number of aryl methyl sites for hydroxylation is 2. The van der Waals surface area contributed by atoms with Gasteiger partial charge in [0, 0.05) is 51.0 Å². The first-order chi connectivity index (χ1) is 17.2. The van der Waals surface area contributed by atoms with Crippen molar-refractivity contribution in [3.05, 3.63) is 77.4 Å². The first-order valence-electron chi connectivity index (χ1n) is 11.8. The van der Waals surface area contributed by atoms with Gasteiger partial charge in [0.25, 0.3) is 0 Å². The number of sulfonamides is 1. The van der Waals surface area contributed by atoms with Crippen molar-refractivity contribution in [3.8, 4) is 5.75 Å². The summed E-state index contributed by atoms with van der Waals surface area (Å²) in [6.07, 6.45) is 5.50. The molecule has 0 aliphatic carbocycles. The highest BCUT2D eigenvalue weighted by molar-refractivity contribution is 7.89. The fourth-order valence-corrected chi connectivity index (χ4v) is 6.25. The number of hydrogen-bond acceptors (Lipinski definition) is 6. The molecule has 10 heteroatoms. The molecular weight excluding hydrogens is 480 g/mol. The number of carbonyl (C=O) groups is 1. The van der Waals surface area contributed by atoms with Crippen LogP contribution in [0, 0.1) is 13.8 Å². The average Bonchev–Trinajstić information content (AvgIpc) is 3.34. The Labute approximate surface area is 212 Å². The maximum absolute atomic E-state index is 13.2. The fourth-order valence-electron chi connectivity index (χ4n) is 4.69. The third-order valence-corrected chi connectivity index (χ3v) is 8.64. The van der Waals surface area contributed by atoms with Gasteiger partial charge in [-0.1, -0.05) is 6.07 Å². The van der Waals surface area contributed by atoms with Gasteiger partial charge in [-0.05, 0) is 60.9 Å². The lowest BCUT2D eigenvalue weighted by Gasteiger charge is -2.37. The summed E-state index contributed by atoms with van der Waals surface area (Å²) in [5.41, 5.74) is 3.19. The summed E-state index contributed by atoms with van der Waals surface area (Å²) in [5, 5.41) is 0. The Morgan fingerprint density at radius 1 is 1.17 bits per heavy atom. The number of aromatic nitrogens is 2. The van der Waals surface area contributed by atoms with Crippen LogP contribution >= 0.6 is 0 Å². The molecular formula is C26H32N4O5S. The number of fused-ring (bicyclic) bond motifs is 1. The zero-order valence-corrected chi connectivity index (χ0v) is 21.9. The van der Waals surface area contributed by atoms with Crippen LogP contribution in [0.15, 0.2) is 59.9 Å². The molecule has 36 heavy (non-hydrogen) atoms. The zero-order valence-electron chi connectivity index (χ0n) is 21.0. The van der Waals surface area contributed by atoms with Gasteiger partial charge >= 0.3 is 0 Å². The van der Waals surface area contributed by atoms with E-state index in [0.717, 1.165) is 11.3 Å². The van der Waals surface area contributed by atoms with E-state index < -0.39 is 10.0 Å². The Balaban J connectivity index is 1.38. The van der Waals surface area contributed by atoms with E-state index in [4.69, 9.17) is 9.47 Å². The largest absolute Gasteiger partial charge is 0.497 e. The molecule has 1 aromatic carbocycles. The van der Waals surface area contributed by atoms with E-state index in [1.807, 2.05) is 30.5 Å². The van der Waals surface area contributed by atoms with Gasteiger partial charge in [0.2, 0.25) is 15.9 Å². The van der Waals surface area contributed by atoms with E-state index in [9.17, 15) is 13.2 Å². The van der Waals surface area contributed by atoms with E-state index in [2.05, 4.69) is 9.55 Å². The van der Waals surface area contributed by atoms with Gasteiger partial charge in [-0.15, -0.1) is 0 Å². The van der Waals surface area contributed by atoms with Crippen LogP contribution in [0.4, 0.5) is 0 Å². The van der Waals surface area contributed by atoms with Crippen molar-refractivity contribution in [2.75, 3.05) is 40.5 Å². The Kier molecular flexibility index (Phi) is 7.77. The Morgan fingerprint density at radius 3 is 2.58 bits per heavy atom. The average molecular weight is 513 g/mol. The van der Waals surface area contributed by atoms with Gasteiger partial charge in [-0.3, -0.25) is 9.78 Å². The highest BCUT2D eigenvalue weighted by Crippen LogP contribution is 2.32. The summed E-state index contributed by atoms with van der Waals surface area (Å²) in [7, 11) is -0.662. The lowest BCUT2D eigenvalue weighted by Crippen LogP contribution is -2.44. The molecule has 0 bridgehead atoms. The second-order valence-electron chi connectivity index (χ2n) is 8.87. The molecule has 2 aromatic heterocycles. The third-order valence-electron chi connectivity index (χ3n) is 6.47. The van der Waals surface area contributed by atoms with Crippen LogP contribution in [0.1, 0.15) is 28.4 Å². The molecule has 0 fully saturated rings. The van der Waals surface area contributed by atoms with E-state index in [1.54, 1.807) is 50.4 Å². The molecule has 4 rings (SSSR count). The molecule has 1 atom stereocenters. The summed E-state index contributed by atoms with van der Waals surface area (Å²) in [5.74, 6) is 0.465. The van der Waals surface area contributed by atoms with Crippen LogP contribution < -0.4 is 4.74 Å². The van der Waals surface area contributed by atoms with Crippen LogP contribution in [0.3, 0.4) is 0 Å². The molecule has 3 heterocycles. The minimum absolute atomic E-state index is 0.0947. The second-order valence-corrected chi connectivity index (χ2v) is 10.9. The van der Waals surface area contributed by atoms with Crippen LogP contribution in [-0.2, 0) is 26.1 Å². The van der Waals surface area contributed by atoms with Gasteiger partial charge < -0.3 is 18.9 Å². The fraction of sp³-hybridized carbons (Fsp3) is 0.385. The molecule has 1 aliphatic heterocycles. The van der Waals surface area contributed by atoms with Gasteiger partial charge in [-0.25, -0.2) is 8.42 Å². The van der Waals surface area contributed by atoms with Crippen LogP contribution in [0.5, 0.6) is 5.75 Å². The Bertz CT molecular complexity index is 1300. The molecule has 9 nitrogen and oxygen atoms in total. The smallest absolute Gasteiger partial charge is 0.249 e. The lowest BCUT2D eigenvalue weighted by molar-refractivity contribution is -0.138. The number of rotatable bonds is 9. The molecule has 3 aromatic rings. The Morgan fingerprint density at radius 2 is 1.92 bits per heavy atom. The minimum Gasteiger partial charge on any atom is -0.497 e. The summed E-state index contributed by atoms with van der Waals surface area (Å²) < 4.78 is 40.7. The highest BCUT2D eigenvalue weighted by Gasteiger charge is 2.32. The predicted octanol–water partition coefficient (Wildman–Crippen LogP) is 2.78. The van der Waals surface area contributed by atoms with Crippen LogP contribution in [0.25, 0.3) is 0 Å². The first-order valence-corrected chi connectivity index (χ1v) is 13.2. The number of likely N-dealkylation sites (N-methyl/N-ethyl adjacent to an activating group) is 1. The number of amides is 1. The standard InChI is InChI=1S/C26H32N4O5S/c1-19-15-22(34-4)16-20(2)26(19)36(32,33)28(3)13-14-35-18-24(31)30-12-11-29-10-6-8-23(29)25(30)21-7-5-9-27-17-21/h5-10,15-17,25H,11-14,18H2,1-4H3. The normalized spacial score (nSPS) is 15.7. The number of nitrogens with zero attached hydrogens (tertiary/aromatic N) is 4. The SMILES string of the molecule is COc1cc(C)c(S(=O)(=O)N(C)CCOCC(=O)N2CCn3cccc3C2c2cccnc2)c(C)c1. The van der Waals surface area contributed by atoms with Crippen LogP contribution in [-0.4, -0.2) is 73.5 Å². The van der Waals surface area contributed by atoms with Crippen molar-refractivity contribution in [2.45, 2.75) is 31.3 Å². The molecule has 1 unspecified atom stereocenters. The van der Waals surface area contributed by atoms with Crippen LogP contribution in [0.2, 0.25) is 0 Å². The van der Waals surface area contributed by atoms with Crippen molar-refractivity contribution in [3.63, 3.8) is 0 Å². The van der Waals surface area contributed by atoms with Crippen molar-refractivity contribution >= 4 is 15.9 Å². The number of methoxy groups -OCH3 is 1. The number of ether oxygens (including phenoxy) is 2. The minimum atomic E-state index is -3.73. The van der Waals surface area contributed by atoms with E-state index in [0.29, 0.717) is 30.0 Å². The monoisotopic (exact) mass is 512 g/mol. The lowest BCUT2D eigenvalue weighted by atomic mass is 10.0. The predicted molar refractivity (Wildman–Crippen MR) is 135 cm³/mol. The maximum atomic E-state index is 13.2. The van der Waals surface area contributed by atoms with Gasteiger partial charge in [0.1, 0.15) is 12.4 Å². The summed E-state index contributed by atoms with van der Waals surface area (Å²) in [4.78, 5) is 19.4. The molecule has 0 saturated carbocycles. The molecule has 0 N–H and O–H groups in total. The number of pyridine rings is 1. The second kappa shape index (κ2) is 10.8. The van der Waals surface area contributed by atoms with Crippen molar-refractivity contribution in [1.29, 1.82) is 0 Å². The molecule has 192 valence electrons. The van der Waals surface area contributed by atoms with E-state index in [-0.39, 0.29) is 36.6 Å². The molecule has 0 radical (unpaired) electrons. The number of hydrogen-bond donors (Lipinski definition) is 0. The van der Waals surface area contributed by atoms with Crippen molar-refractivity contribution in [1.82, 2.24) is 18.8 Å². The topological polar surface area (TPSA) is 94.0 Å². The quantitative estimate of drug-likeness (QED) is 0.409. The van der Waals surface area contributed by atoms with E-state index >= 15 is 0 Å². The molecule has 1 aliphatic rings. The molecule has 0 saturated heterocycles. The van der Waals surface area contributed by atoms with Gasteiger partial charge in [0.15, 0.2) is 0 Å². The summed E-state index contributed by atoms with van der Waals surface area (Å²) in [6, 6.07) is 11.0. The van der Waals surface area contributed by atoms with Crippen molar-refractivity contribution < 1.29 is 22.7 Å². The Hall–Kier alpha value is -3.21. The zero-order chi connectivity index (χ0) is 25.9. The number of benzene rings is 1. The first kappa shape index (κ1) is 25.9. The summed E-state index contributed by atoms with van der Waals surface area (Å²) >= 11 is 0. The van der Waals surface area contributed by atoms with Gasteiger partial charge in [0.05, 0.1) is 24.7 Å². The molecule has 0 spiro atoms. The van der Waals surface area contributed by atoms with Crippen molar-refractivity contribution in [2.24, 2.45) is 0 Å². The third kappa shape index (κ3) is 5.16. The summed E-state index contributed by atoms with van der Waals surface area (Å²) in [6.45, 7) is 4.83. The highest BCUT2D eigenvalue weighted by atomic mass is 32.2. The van der Waals surface area contributed by atoms with E-state index in [1.165, 1.54) is 11.4 Å².